The Morgan fingerprint density at radius 1 is 1.16 bits per heavy atom. The molecule has 1 aromatic carbocycles. The lowest BCUT2D eigenvalue weighted by Gasteiger charge is -2.20. The number of halogens is 1. The van der Waals surface area contributed by atoms with Gasteiger partial charge in [-0.05, 0) is 77.3 Å². The van der Waals surface area contributed by atoms with Crippen molar-refractivity contribution in [3.8, 4) is 5.75 Å². The molecule has 0 spiro atoms. The van der Waals surface area contributed by atoms with Gasteiger partial charge in [-0.1, -0.05) is 0 Å². The van der Waals surface area contributed by atoms with Crippen LogP contribution in [0.2, 0.25) is 0 Å². The van der Waals surface area contributed by atoms with Gasteiger partial charge in [0, 0.05) is 5.54 Å². The van der Waals surface area contributed by atoms with E-state index < -0.39 is 0 Å². The smallest absolute Gasteiger partial charge is 0.126 e. The van der Waals surface area contributed by atoms with Gasteiger partial charge >= 0.3 is 0 Å². The monoisotopic (exact) mass is 267 g/mol. The molecule has 0 heterocycles. The Kier molecular flexibility index (Phi) is 6.29. The molecule has 0 fully saturated rings. The number of rotatable bonds is 7. The van der Waals surface area contributed by atoms with E-state index in [0.29, 0.717) is 12.2 Å². The van der Waals surface area contributed by atoms with Crippen molar-refractivity contribution in [3.05, 3.63) is 29.6 Å². The largest absolute Gasteiger partial charge is 0.494 e. The Hall–Kier alpha value is -1.09. The second kappa shape index (κ2) is 7.49. The van der Waals surface area contributed by atoms with Crippen molar-refractivity contribution in [2.45, 2.75) is 52.5 Å². The molecule has 19 heavy (non-hydrogen) atoms. The van der Waals surface area contributed by atoms with Crippen LogP contribution in [0.15, 0.2) is 18.2 Å². The minimum Gasteiger partial charge on any atom is -0.494 e. The Bertz CT molecular complexity index is 385. The highest BCUT2D eigenvalue weighted by Gasteiger charge is 2.06. The number of hydrogen-bond acceptors (Lipinski definition) is 2. The third-order valence-corrected chi connectivity index (χ3v) is 2.87. The molecule has 0 amide bonds. The minimum atomic E-state index is -0.180. The van der Waals surface area contributed by atoms with Crippen LogP contribution in [0.4, 0.5) is 4.39 Å². The van der Waals surface area contributed by atoms with Gasteiger partial charge in [0.2, 0.25) is 0 Å². The molecule has 0 saturated carbocycles. The Morgan fingerprint density at radius 2 is 1.89 bits per heavy atom. The van der Waals surface area contributed by atoms with Crippen LogP contribution in [0.1, 0.15) is 45.6 Å². The van der Waals surface area contributed by atoms with Gasteiger partial charge in [0.15, 0.2) is 0 Å². The molecule has 3 heteroatoms. The van der Waals surface area contributed by atoms with Gasteiger partial charge in [-0.25, -0.2) is 4.39 Å². The summed E-state index contributed by atoms with van der Waals surface area (Å²) in [5.74, 6) is 0.576. The van der Waals surface area contributed by atoms with E-state index in [0.717, 1.165) is 31.6 Å². The first-order valence-corrected chi connectivity index (χ1v) is 7.02. The lowest BCUT2D eigenvalue weighted by molar-refractivity contribution is 0.302. The van der Waals surface area contributed by atoms with Crippen molar-refractivity contribution in [2.75, 3.05) is 13.2 Å². The number of unbranched alkanes of at least 4 members (excludes halogenated alkanes) is 2. The van der Waals surface area contributed by atoms with E-state index in [1.807, 2.05) is 0 Å². The summed E-state index contributed by atoms with van der Waals surface area (Å²) in [6, 6.07) is 4.89. The maximum Gasteiger partial charge on any atom is 0.126 e. The van der Waals surface area contributed by atoms with E-state index in [-0.39, 0.29) is 11.4 Å². The lowest BCUT2D eigenvalue weighted by atomic mass is 10.1. The molecular weight excluding hydrogens is 241 g/mol. The van der Waals surface area contributed by atoms with Crippen LogP contribution in [0.3, 0.4) is 0 Å². The lowest BCUT2D eigenvalue weighted by Crippen LogP contribution is -2.36. The van der Waals surface area contributed by atoms with Crippen LogP contribution in [0.25, 0.3) is 0 Å². The molecular formula is C16H26FNO. The maximum atomic E-state index is 13.1. The van der Waals surface area contributed by atoms with Crippen molar-refractivity contribution in [1.29, 1.82) is 0 Å². The summed E-state index contributed by atoms with van der Waals surface area (Å²) in [5, 5.41) is 3.46. The second-order valence-electron chi connectivity index (χ2n) is 6.00. The molecule has 0 aliphatic rings. The first kappa shape index (κ1) is 16.0. The number of nitrogens with one attached hydrogen (secondary N) is 1. The zero-order valence-corrected chi connectivity index (χ0v) is 12.6. The zero-order chi connectivity index (χ0) is 14.3. The topological polar surface area (TPSA) is 21.3 Å². The third-order valence-electron chi connectivity index (χ3n) is 2.87. The van der Waals surface area contributed by atoms with Crippen molar-refractivity contribution in [1.82, 2.24) is 5.32 Å². The summed E-state index contributed by atoms with van der Waals surface area (Å²) < 4.78 is 18.7. The summed E-state index contributed by atoms with van der Waals surface area (Å²) in [4.78, 5) is 0. The molecule has 0 saturated heterocycles. The average molecular weight is 267 g/mol. The fourth-order valence-corrected chi connectivity index (χ4v) is 1.76. The fourth-order valence-electron chi connectivity index (χ4n) is 1.76. The standard InChI is InChI=1S/C16H26FNO/c1-13-12-14(8-9-15(13)17)19-11-7-5-6-10-18-16(2,3)4/h8-9,12,18H,5-7,10-11H2,1-4H3. The Balaban J connectivity index is 2.09. The van der Waals surface area contributed by atoms with Gasteiger partial charge in [-0.3, -0.25) is 0 Å². The number of benzene rings is 1. The summed E-state index contributed by atoms with van der Waals surface area (Å²) in [7, 11) is 0. The van der Waals surface area contributed by atoms with Crippen LogP contribution < -0.4 is 10.1 Å². The van der Waals surface area contributed by atoms with Crippen LogP contribution in [0, 0.1) is 12.7 Å². The van der Waals surface area contributed by atoms with Gasteiger partial charge in [-0.2, -0.15) is 0 Å². The Labute approximate surface area is 116 Å². The summed E-state index contributed by atoms with van der Waals surface area (Å²) in [6.45, 7) is 10.0. The Morgan fingerprint density at radius 3 is 2.53 bits per heavy atom. The summed E-state index contributed by atoms with van der Waals surface area (Å²) in [6.07, 6.45) is 3.33. The van der Waals surface area contributed by atoms with Gasteiger partial charge in [0.1, 0.15) is 11.6 Å². The quantitative estimate of drug-likeness (QED) is 0.752. The summed E-state index contributed by atoms with van der Waals surface area (Å²) in [5.41, 5.74) is 0.828. The van der Waals surface area contributed by atoms with E-state index in [1.165, 1.54) is 6.07 Å². The highest BCUT2D eigenvalue weighted by Crippen LogP contribution is 2.16. The molecule has 108 valence electrons. The molecule has 0 aromatic heterocycles. The van der Waals surface area contributed by atoms with Crippen LogP contribution >= 0.6 is 0 Å². The molecule has 0 aliphatic carbocycles. The molecule has 0 unspecified atom stereocenters. The van der Waals surface area contributed by atoms with Crippen molar-refractivity contribution < 1.29 is 9.13 Å². The normalized spacial score (nSPS) is 11.6. The SMILES string of the molecule is Cc1cc(OCCCCCNC(C)(C)C)ccc1F. The van der Waals surface area contributed by atoms with Crippen molar-refractivity contribution in [2.24, 2.45) is 0 Å². The van der Waals surface area contributed by atoms with Gasteiger partial charge in [0.05, 0.1) is 6.61 Å². The molecule has 1 N–H and O–H groups in total. The van der Waals surface area contributed by atoms with Crippen LogP contribution in [-0.4, -0.2) is 18.7 Å². The first-order valence-electron chi connectivity index (χ1n) is 7.02. The highest BCUT2D eigenvalue weighted by atomic mass is 19.1. The van der Waals surface area contributed by atoms with Gasteiger partial charge in [0.25, 0.3) is 0 Å². The third kappa shape index (κ3) is 7.16. The van der Waals surface area contributed by atoms with E-state index in [4.69, 9.17) is 4.74 Å². The molecule has 1 rings (SSSR count). The number of aryl methyl sites for hydroxylation is 1. The van der Waals surface area contributed by atoms with Crippen LogP contribution in [-0.2, 0) is 0 Å². The van der Waals surface area contributed by atoms with E-state index in [1.54, 1.807) is 19.1 Å². The van der Waals surface area contributed by atoms with E-state index in [2.05, 4.69) is 26.1 Å². The van der Waals surface area contributed by atoms with E-state index in [9.17, 15) is 4.39 Å². The predicted octanol–water partition coefficient (Wildman–Crippen LogP) is 4.07. The van der Waals surface area contributed by atoms with Gasteiger partial charge in [-0.15, -0.1) is 0 Å². The van der Waals surface area contributed by atoms with Crippen LogP contribution in [0.5, 0.6) is 5.75 Å². The van der Waals surface area contributed by atoms with Gasteiger partial charge < -0.3 is 10.1 Å². The summed E-state index contributed by atoms with van der Waals surface area (Å²) >= 11 is 0. The minimum absolute atomic E-state index is 0.180. The van der Waals surface area contributed by atoms with Crippen molar-refractivity contribution >= 4 is 0 Å². The predicted molar refractivity (Wildman–Crippen MR) is 78.2 cm³/mol. The molecule has 0 radical (unpaired) electrons. The highest BCUT2D eigenvalue weighted by molar-refractivity contribution is 5.28. The molecule has 0 bridgehead atoms. The molecule has 2 nitrogen and oxygen atoms in total. The molecule has 1 aromatic rings. The molecule has 0 atom stereocenters. The zero-order valence-electron chi connectivity index (χ0n) is 12.6. The fraction of sp³-hybridized carbons (Fsp3) is 0.625. The van der Waals surface area contributed by atoms with Crippen molar-refractivity contribution in [3.63, 3.8) is 0 Å². The first-order chi connectivity index (χ1) is 8.88. The average Bonchev–Trinajstić information content (AvgIpc) is 2.31. The second-order valence-corrected chi connectivity index (χ2v) is 6.00. The molecule has 0 aliphatic heterocycles. The number of hydrogen-bond donors (Lipinski definition) is 1. The maximum absolute atomic E-state index is 13.1. The number of ether oxygens (including phenoxy) is 1. The van der Waals surface area contributed by atoms with E-state index >= 15 is 0 Å².